The lowest BCUT2D eigenvalue weighted by atomic mass is 10.2. The largest absolute Gasteiger partial charge is 0.470 e. The number of hydrogen-bond acceptors (Lipinski definition) is 5. The van der Waals surface area contributed by atoms with Crippen molar-refractivity contribution in [1.82, 2.24) is 14.8 Å². The third-order valence-electron chi connectivity index (χ3n) is 3.98. The second-order valence-electron chi connectivity index (χ2n) is 5.96. The summed E-state index contributed by atoms with van der Waals surface area (Å²) in [4.78, 5) is 16.9. The van der Waals surface area contributed by atoms with Crippen LogP contribution in [0.1, 0.15) is 16.1 Å². The van der Waals surface area contributed by atoms with Gasteiger partial charge in [-0.1, -0.05) is 52.7 Å². The van der Waals surface area contributed by atoms with E-state index in [4.69, 9.17) is 27.9 Å². The van der Waals surface area contributed by atoms with Crippen LogP contribution in [-0.2, 0) is 6.73 Å². The second-order valence-corrected chi connectivity index (χ2v) is 7.78. The number of nitrogens with zero attached hydrogens (tertiary/aromatic N) is 3. The van der Waals surface area contributed by atoms with Crippen LogP contribution in [0, 0.1) is 6.92 Å². The van der Waals surface area contributed by atoms with Gasteiger partial charge in [-0.15, -0.1) is 0 Å². The van der Waals surface area contributed by atoms with Crippen molar-refractivity contribution in [2.24, 2.45) is 0 Å². The van der Waals surface area contributed by atoms with E-state index < -0.39 is 0 Å². The predicted molar refractivity (Wildman–Crippen MR) is 112 cm³/mol. The lowest BCUT2D eigenvalue weighted by Gasteiger charge is -2.08. The maximum absolute atomic E-state index is 12.5. The van der Waals surface area contributed by atoms with Gasteiger partial charge in [0.15, 0.2) is 17.6 Å². The van der Waals surface area contributed by atoms with Crippen molar-refractivity contribution < 1.29 is 9.53 Å². The number of thiazole rings is 1. The topological polar surface area (TPSA) is 69.0 Å². The standard InChI is InChI=1S/C19H14Cl2N4O2S/c1-11-4-2-7-15-17(11)22-19(28-15)23-18(26)13-8-9-25(24-13)10-27-14-6-3-5-12(20)16(14)21/h2-9H,10H2,1H3,(H,22,23,26). The molecule has 0 aliphatic rings. The molecular weight excluding hydrogens is 419 g/mol. The van der Waals surface area contributed by atoms with E-state index in [0.717, 1.165) is 15.8 Å². The highest BCUT2D eigenvalue weighted by Crippen LogP contribution is 2.31. The quantitative estimate of drug-likeness (QED) is 0.458. The Labute approximate surface area is 174 Å². The van der Waals surface area contributed by atoms with Gasteiger partial charge in [-0.05, 0) is 36.8 Å². The number of aryl methyl sites for hydroxylation is 1. The van der Waals surface area contributed by atoms with Crippen molar-refractivity contribution in [2.75, 3.05) is 5.32 Å². The number of benzene rings is 2. The van der Waals surface area contributed by atoms with Gasteiger partial charge >= 0.3 is 0 Å². The van der Waals surface area contributed by atoms with Crippen molar-refractivity contribution >= 4 is 55.8 Å². The highest BCUT2D eigenvalue weighted by molar-refractivity contribution is 7.22. The number of rotatable bonds is 5. The number of fused-ring (bicyclic) bond motifs is 1. The summed E-state index contributed by atoms with van der Waals surface area (Å²) >= 11 is 13.5. The van der Waals surface area contributed by atoms with E-state index in [1.54, 1.807) is 30.5 Å². The van der Waals surface area contributed by atoms with Crippen molar-refractivity contribution in [2.45, 2.75) is 13.7 Å². The molecule has 9 heteroatoms. The van der Waals surface area contributed by atoms with E-state index in [2.05, 4.69) is 15.4 Å². The summed E-state index contributed by atoms with van der Waals surface area (Å²) in [6.07, 6.45) is 1.65. The van der Waals surface area contributed by atoms with Crippen LogP contribution in [0.2, 0.25) is 10.0 Å². The first-order chi connectivity index (χ1) is 13.5. The normalized spacial score (nSPS) is 11.0. The minimum Gasteiger partial charge on any atom is -0.470 e. The highest BCUT2D eigenvalue weighted by atomic mass is 35.5. The molecule has 2 heterocycles. The summed E-state index contributed by atoms with van der Waals surface area (Å²) in [6.45, 7) is 2.08. The molecule has 1 amide bonds. The molecule has 142 valence electrons. The minimum absolute atomic E-state index is 0.0909. The Kier molecular flexibility index (Phi) is 5.21. The average Bonchev–Trinajstić information content (AvgIpc) is 3.30. The van der Waals surface area contributed by atoms with Gasteiger partial charge in [0, 0.05) is 6.20 Å². The molecule has 0 saturated carbocycles. The SMILES string of the molecule is Cc1cccc2sc(NC(=O)c3ccn(COc4cccc(Cl)c4Cl)n3)nc12. The zero-order valence-electron chi connectivity index (χ0n) is 14.6. The number of aromatic nitrogens is 3. The molecule has 6 nitrogen and oxygen atoms in total. The molecule has 2 aromatic heterocycles. The zero-order chi connectivity index (χ0) is 19.7. The first-order valence-corrected chi connectivity index (χ1v) is 9.86. The maximum atomic E-state index is 12.5. The molecule has 28 heavy (non-hydrogen) atoms. The molecule has 1 N–H and O–H groups in total. The summed E-state index contributed by atoms with van der Waals surface area (Å²) < 4.78 is 8.13. The molecule has 0 aliphatic heterocycles. The number of nitrogens with one attached hydrogen (secondary N) is 1. The fraction of sp³-hybridized carbons (Fsp3) is 0.105. The number of halogens is 2. The van der Waals surface area contributed by atoms with E-state index in [-0.39, 0.29) is 18.3 Å². The number of anilines is 1. The van der Waals surface area contributed by atoms with Crippen LogP contribution >= 0.6 is 34.5 Å². The Bertz CT molecular complexity index is 1170. The zero-order valence-corrected chi connectivity index (χ0v) is 17.0. The summed E-state index contributed by atoms with van der Waals surface area (Å²) in [5.41, 5.74) is 2.22. The van der Waals surface area contributed by atoms with Crippen LogP contribution in [0.3, 0.4) is 0 Å². The van der Waals surface area contributed by atoms with E-state index in [1.165, 1.54) is 16.0 Å². The summed E-state index contributed by atoms with van der Waals surface area (Å²) in [7, 11) is 0. The number of hydrogen-bond donors (Lipinski definition) is 1. The summed E-state index contributed by atoms with van der Waals surface area (Å²) in [6, 6.07) is 12.7. The number of ether oxygens (including phenoxy) is 1. The molecule has 0 spiro atoms. The van der Waals surface area contributed by atoms with Gasteiger partial charge in [0.25, 0.3) is 5.91 Å². The summed E-state index contributed by atoms with van der Waals surface area (Å²) in [5.74, 6) is 0.108. The Balaban J connectivity index is 1.43. The molecule has 0 aliphatic carbocycles. The molecule has 0 fully saturated rings. The molecule has 4 rings (SSSR count). The Morgan fingerprint density at radius 3 is 2.86 bits per heavy atom. The predicted octanol–water partition coefficient (Wildman–Crippen LogP) is 5.40. The molecule has 0 atom stereocenters. The molecule has 0 bridgehead atoms. The van der Waals surface area contributed by atoms with Gasteiger partial charge in [0.1, 0.15) is 10.8 Å². The van der Waals surface area contributed by atoms with Crippen molar-refractivity contribution in [1.29, 1.82) is 0 Å². The Morgan fingerprint density at radius 2 is 2.04 bits per heavy atom. The Hall–Kier alpha value is -2.61. The minimum atomic E-state index is -0.337. The van der Waals surface area contributed by atoms with E-state index in [9.17, 15) is 4.79 Å². The van der Waals surface area contributed by atoms with Crippen LogP contribution in [0.25, 0.3) is 10.2 Å². The fourth-order valence-corrected chi connectivity index (χ4v) is 3.87. The Morgan fingerprint density at radius 1 is 1.21 bits per heavy atom. The first kappa shape index (κ1) is 18.7. The molecule has 0 saturated heterocycles. The third-order valence-corrected chi connectivity index (χ3v) is 5.72. The fourth-order valence-electron chi connectivity index (χ4n) is 2.59. The van der Waals surface area contributed by atoms with Gasteiger partial charge in [-0.25, -0.2) is 9.67 Å². The molecule has 2 aromatic carbocycles. The van der Waals surface area contributed by atoms with E-state index in [0.29, 0.717) is 20.9 Å². The third kappa shape index (κ3) is 3.82. The van der Waals surface area contributed by atoms with Crippen LogP contribution in [-0.4, -0.2) is 20.7 Å². The van der Waals surface area contributed by atoms with E-state index in [1.807, 2.05) is 25.1 Å². The highest BCUT2D eigenvalue weighted by Gasteiger charge is 2.14. The average molecular weight is 433 g/mol. The van der Waals surface area contributed by atoms with Gasteiger partial charge in [-0.2, -0.15) is 5.10 Å². The van der Waals surface area contributed by atoms with Gasteiger partial charge < -0.3 is 4.74 Å². The molecule has 0 unspecified atom stereocenters. The lowest BCUT2D eigenvalue weighted by Crippen LogP contribution is -2.14. The monoisotopic (exact) mass is 432 g/mol. The second kappa shape index (κ2) is 7.79. The van der Waals surface area contributed by atoms with Crippen molar-refractivity contribution in [3.05, 3.63) is 70.0 Å². The lowest BCUT2D eigenvalue weighted by molar-refractivity contribution is 0.102. The van der Waals surface area contributed by atoms with Crippen LogP contribution in [0.4, 0.5) is 5.13 Å². The van der Waals surface area contributed by atoms with Crippen LogP contribution < -0.4 is 10.1 Å². The van der Waals surface area contributed by atoms with Crippen LogP contribution in [0.5, 0.6) is 5.75 Å². The number of amides is 1. The molecule has 0 radical (unpaired) electrons. The van der Waals surface area contributed by atoms with Gasteiger partial charge in [0.2, 0.25) is 0 Å². The molecule has 4 aromatic rings. The summed E-state index contributed by atoms with van der Waals surface area (Å²) in [5, 5.41) is 8.29. The van der Waals surface area contributed by atoms with Gasteiger partial charge in [0.05, 0.1) is 15.2 Å². The molecular formula is C19H14Cl2N4O2S. The van der Waals surface area contributed by atoms with Gasteiger partial charge in [-0.3, -0.25) is 10.1 Å². The number of para-hydroxylation sites is 1. The van der Waals surface area contributed by atoms with Crippen LogP contribution in [0.15, 0.2) is 48.7 Å². The van der Waals surface area contributed by atoms with E-state index >= 15 is 0 Å². The first-order valence-electron chi connectivity index (χ1n) is 8.29. The number of carbonyl (C=O) groups is 1. The van der Waals surface area contributed by atoms with Crippen molar-refractivity contribution in [3.8, 4) is 5.75 Å². The number of carbonyl (C=O) groups excluding carboxylic acids is 1. The maximum Gasteiger partial charge on any atom is 0.277 e. The smallest absolute Gasteiger partial charge is 0.277 e. The van der Waals surface area contributed by atoms with Crippen molar-refractivity contribution in [3.63, 3.8) is 0 Å².